The van der Waals surface area contributed by atoms with Gasteiger partial charge in [0.25, 0.3) is 0 Å². The third-order valence-corrected chi connectivity index (χ3v) is 9.33. The highest BCUT2D eigenvalue weighted by Gasteiger charge is 2.74. The molecule has 0 amide bonds. The average molecular weight is 499 g/mol. The van der Waals surface area contributed by atoms with Crippen LogP contribution in [0.3, 0.4) is 0 Å². The number of hydrogen-bond donors (Lipinski definition) is 2. The molecule has 194 valence electrons. The summed E-state index contributed by atoms with van der Waals surface area (Å²) in [5.74, 6) is -2.17. The second-order valence-corrected chi connectivity index (χ2v) is 11.6. The van der Waals surface area contributed by atoms with Gasteiger partial charge in [0.05, 0.1) is 24.2 Å². The van der Waals surface area contributed by atoms with Gasteiger partial charge in [-0.25, -0.2) is 4.79 Å². The van der Waals surface area contributed by atoms with Crippen LogP contribution in [0.15, 0.2) is 42.0 Å². The summed E-state index contributed by atoms with van der Waals surface area (Å²) in [4.78, 5) is 39.8. The van der Waals surface area contributed by atoms with E-state index in [1.807, 2.05) is 6.92 Å². The van der Waals surface area contributed by atoms with Crippen LogP contribution in [0.2, 0.25) is 0 Å². The molecule has 1 saturated heterocycles. The van der Waals surface area contributed by atoms with E-state index in [-0.39, 0.29) is 25.2 Å². The molecule has 0 unspecified atom stereocenters. The Kier molecular flexibility index (Phi) is 5.74. The Balaban J connectivity index is 1.73. The predicted octanol–water partition coefficient (Wildman–Crippen LogP) is 2.75. The van der Waals surface area contributed by atoms with Gasteiger partial charge in [-0.05, 0) is 25.0 Å². The molecule has 1 aliphatic heterocycles. The Morgan fingerprint density at radius 2 is 1.83 bits per heavy atom. The summed E-state index contributed by atoms with van der Waals surface area (Å²) in [6.07, 6.45) is -0.274. The van der Waals surface area contributed by atoms with Crippen molar-refractivity contribution in [2.24, 2.45) is 16.7 Å². The number of benzene rings is 1. The van der Waals surface area contributed by atoms with Gasteiger partial charge >= 0.3 is 11.9 Å². The zero-order valence-electron chi connectivity index (χ0n) is 21.2. The SMILES string of the molecule is CC(=O)O[C@@]12CO[C@@H]1CC[C@@]1(C)C(=O)CC3=C[C@@H](O)C[C@@](O)([C@@H](OC(=O)c4ccccc4)[C@H]21)C3(C)C. The molecule has 1 aromatic rings. The number of rotatable bonds is 3. The molecule has 0 radical (unpaired) electrons. The van der Waals surface area contributed by atoms with Crippen molar-refractivity contribution in [3.8, 4) is 0 Å². The highest BCUT2D eigenvalue weighted by Crippen LogP contribution is 2.63. The first-order chi connectivity index (χ1) is 16.8. The topological polar surface area (TPSA) is 119 Å². The Hall–Kier alpha value is -2.55. The Morgan fingerprint density at radius 1 is 1.14 bits per heavy atom. The van der Waals surface area contributed by atoms with Crippen LogP contribution in [0.1, 0.15) is 63.7 Å². The Labute approximate surface area is 210 Å². The number of esters is 2. The molecule has 8 nitrogen and oxygen atoms in total. The number of aliphatic hydroxyl groups excluding tert-OH is 1. The first-order valence-corrected chi connectivity index (χ1v) is 12.6. The van der Waals surface area contributed by atoms with Gasteiger partial charge in [-0.3, -0.25) is 9.59 Å². The normalized spacial score (nSPS) is 40.8. The summed E-state index contributed by atoms with van der Waals surface area (Å²) in [6, 6.07) is 8.43. The van der Waals surface area contributed by atoms with E-state index in [1.54, 1.807) is 50.3 Å². The number of fused-ring (bicyclic) bond motifs is 5. The molecular weight excluding hydrogens is 464 g/mol. The largest absolute Gasteiger partial charge is 0.455 e. The molecule has 5 rings (SSSR count). The molecule has 0 aromatic heterocycles. The van der Waals surface area contributed by atoms with Gasteiger partial charge in [-0.2, -0.15) is 0 Å². The Morgan fingerprint density at radius 3 is 2.44 bits per heavy atom. The molecule has 0 spiro atoms. The second kappa shape index (κ2) is 8.23. The summed E-state index contributed by atoms with van der Waals surface area (Å²) in [6.45, 7) is 6.76. The lowest BCUT2D eigenvalue weighted by atomic mass is 9.46. The molecule has 2 bridgehead atoms. The lowest BCUT2D eigenvalue weighted by Gasteiger charge is -2.65. The number of carbonyl (C=O) groups excluding carboxylic acids is 3. The van der Waals surface area contributed by atoms with E-state index in [4.69, 9.17) is 14.2 Å². The molecule has 8 heteroatoms. The minimum absolute atomic E-state index is 0.0337. The van der Waals surface area contributed by atoms with Crippen molar-refractivity contribution in [1.29, 1.82) is 0 Å². The average Bonchev–Trinajstić information content (AvgIpc) is 2.79. The van der Waals surface area contributed by atoms with E-state index < -0.39 is 58.2 Å². The number of carbonyl (C=O) groups is 3. The molecule has 3 fully saturated rings. The Bertz CT molecular complexity index is 1130. The lowest BCUT2D eigenvalue weighted by molar-refractivity contribution is -0.331. The standard InChI is InChI=1S/C28H34O8/c1-16(29)36-27-15-34-21(27)10-11-26(4)20(31)13-18-12-19(30)14-28(33,25(18,2)3)23(22(26)27)35-24(32)17-8-6-5-7-9-17/h5-9,12,19,21-23,30,33H,10-11,13-15H2,1-4H3/t19-,21-,22+,23+,26+,27+,28-/m1/s1. The number of Topliss-reactive ketones (excluding diaryl/α,β-unsaturated/α-hetero) is 1. The lowest BCUT2D eigenvalue weighted by Crippen LogP contribution is -2.78. The highest BCUT2D eigenvalue weighted by atomic mass is 16.6. The summed E-state index contributed by atoms with van der Waals surface area (Å²) in [5.41, 5.74) is -4.17. The summed E-state index contributed by atoms with van der Waals surface area (Å²) < 4.78 is 18.0. The molecule has 2 N–H and O–H groups in total. The van der Waals surface area contributed by atoms with Crippen molar-refractivity contribution < 1.29 is 38.8 Å². The van der Waals surface area contributed by atoms with Crippen molar-refractivity contribution >= 4 is 17.7 Å². The maximum absolute atomic E-state index is 14.0. The van der Waals surface area contributed by atoms with E-state index in [0.717, 1.165) is 0 Å². The van der Waals surface area contributed by atoms with Crippen LogP contribution in [0.4, 0.5) is 0 Å². The maximum Gasteiger partial charge on any atom is 0.338 e. The summed E-state index contributed by atoms with van der Waals surface area (Å²) >= 11 is 0. The molecule has 3 aliphatic carbocycles. The van der Waals surface area contributed by atoms with Crippen molar-refractivity contribution in [1.82, 2.24) is 0 Å². The van der Waals surface area contributed by atoms with Gasteiger partial charge in [-0.1, -0.05) is 50.6 Å². The van der Waals surface area contributed by atoms with E-state index in [1.165, 1.54) is 6.92 Å². The molecule has 1 aromatic carbocycles. The molecule has 1 heterocycles. The van der Waals surface area contributed by atoms with E-state index in [2.05, 4.69) is 0 Å². The van der Waals surface area contributed by atoms with Crippen LogP contribution in [-0.2, 0) is 23.8 Å². The zero-order chi connectivity index (χ0) is 26.1. The van der Waals surface area contributed by atoms with Crippen LogP contribution in [0.5, 0.6) is 0 Å². The third kappa shape index (κ3) is 3.41. The van der Waals surface area contributed by atoms with E-state index >= 15 is 0 Å². The quantitative estimate of drug-likeness (QED) is 0.482. The minimum atomic E-state index is -1.75. The number of ketones is 1. The minimum Gasteiger partial charge on any atom is -0.455 e. The van der Waals surface area contributed by atoms with Crippen LogP contribution < -0.4 is 0 Å². The fourth-order valence-electron chi connectivity index (χ4n) is 7.12. The molecule has 36 heavy (non-hydrogen) atoms. The second-order valence-electron chi connectivity index (χ2n) is 11.6. The fourth-order valence-corrected chi connectivity index (χ4v) is 7.12. The molecular formula is C28H34O8. The van der Waals surface area contributed by atoms with Gasteiger partial charge in [0.15, 0.2) is 5.60 Å². The van der Waals surface area contributed by atoms with E-state index in [9.17, 15) is 24.6 Å². The first kappa shape index (κ1) is 25.1. The molecule has 7 atom stereocenters. The van der Waals surface area contributed by atoms with Gasteiger partial charge in [0.1, 0.15) is 23.6 Å². The molecule has 4 aliphatic rings. The predicted molar refractivity (Wildman–Crippen MR) is 128 cm³/mol. The smallest absolute Gasteiger partial charge is 0.338 e. The van der Waals surface area contributed by atoms with Crippen LogP contribution >= 0.6 is 0 Å². The zero-order valence-corrected chi connectivity index (χ0v) is 21.2. The monoisotopic (exact) mass is 498 g/mol. The van der Waals surface area contributed by atoms with E-state index in [0.29, 0.717) is 24.0 Å². The van der Waals surface area contributed by atoms with Gasteiger partial charge in [0.2, 0.25) is 0 Å². The van der Waals surface area contributed by atoms with Crippen molar-refractivity contribution in [2.45, 2.75) is 82.9 Å². The summed E-state index contributed by atoms with van der Waals surface area (Å²) in [5, 5.41) is 23.3. The third-order valence-electron chi connectivity index (χ3n) is 9.33. The number of aliphatic hydroxyl groups is 2. The fraction of sp³-hybridized carbons (Fsp3) is 0.607. The van der Waals surface area contributed by atoms with Crippen molar-refractivity contribution in [3.05, 3.63) is 47.5 Å². The van der Waals surface area contributed by atoms with Crippen LogP contribution in [0, 0.1) is 16.7 Å². The first-order valence-electron chi connectivity index (χ1n) is 12.6. The van der Waals surface area contributed by atoms with Crippen molar-refractivity contribution in [2.75, 3.05) is 6.61 Å². The molecule has 2 saturated carbocycles. The van der Waals surface area contributed by atoms with Crippen LogP contribution in [0.25, 0.3) is 0 Å². The number of hydrogen-bond acceptors (Lipinski definition) is 8. The maximum atomic E-state index is 14.0. The van der Waals surface area contributed by atoms with Gasteiger partial charge in [-0.15, -0.1) is 0 Å². The van der Waals surface area contributed by atoms with Crippen LogP contribution in [-0.4, -0.2) is 64.1 Å². The highest BCUT2D eigenvalue weighted by molar-refractivity contribution is 5.90. The van der Waals surface area contributed by atoms with Gasteiger partial charge in [0, 0.05) is 30.6 Å². The summed E-state index contributed by atoms with van der Waals surface area (Å²) in [7, 11) is 0. The van der Waals surface area contributed by atoms with Crippen molar-refractivity contribution in [3.63, 3.8) is 0 Å². The number of ether oxygens (including phenoxy) is 3. The van der Waals surface area contributed by atoms with Gasteiger partial charge < -0.3 is 24.4 Å².